The molecule has 7 heteroatoms. The van der Waals surface area contributed by atoms with Gasteiger partial charge in [0.05, 0.1) is 11.7 Å². The van der Waals surface area contributed by atoms with Crippen molar-refractivity contribution in [2.45, 2.75) is 51.9 Å². The van der Waals surface area contributed by atoms with Gasteiger partial charge < -0.3 is 11.1 Å². The van der Waals surface area contributed by atoms with E-state index < -0.39 is 31.1 Å². The Balaban J connectivity index is 1.57. The second-order valence-electron chi connectivity index (χ2n) is 7.49. The molecule has 1 amide bonds. The van der Waals surface area contributed by atoms with Crippen LogP contribution in [0.25, 0.3) is 11.1 Å². The van der Waals surface area contributed by atoms with E-state index in [0.717, 1.165) is 25.7 Å². The Hall–Kier alpha value is -2.28. The van der Waals surface area contributed by atoms with Gasteiger partial charge in [0.15, 0.2) is 0 Å². The molecule has 0 aliphatic heterocycles. The zero-order valence-corrected chi connectivity index (χ0v) is 15.1. The van der Waals surface area contributed by atoms with Gasteiger partial charge in [0.1, 0.15) is 5.82 Å². The van der Waals surface area contributed by atoms with Crippen molar-refractivity contribution in [2.75, 3.05) is 5.32 Å². The summed E-state index contributed by atoms with van der Waals surface area (Å²) in [7, 11) is 0. The summed E-state index contributed by atoms with van der Waals surface area (Å²) in [5.74, 6) is -0.315. The Morgan fingerprint density at radius 1 is 1.44 bits per heavy atom. The molecule has 0 bridgehead atoms. The lowest BCUT2D eigenvalue weighted by molar-refractivity contribution is -0.118. The Kier molecular flexibility index (Phi) is 3.38. The molecule has 2 heterocycles. The Morgan fingerprint density at radius 2 is 2.15 bits per heavy atom. The van der Waals surface area contributed by atoms with E-state index in [1.807, 2.05) is 0 Å². The molecule has 2 aliphatic rings. The minimum Gasteiger partial charge on any atom is -0.320 e. The van der Waals surface area contributed by atoms with E-state index in [2.05, 4.69) is 20.5 Å². The maximum atomic E-state index is 14.9. The van der Waals surface area contributed by atoms with Gasteiger partial charge in [-0.3, -0.25) is 9.89 Å². The number of pyridine rings is 1. The molecule has 0 radical (unpaired) electrons. The van der Waals surface area contributed by atoms with Gasteiger partial charge in [0.2, 0.25) is 11.9 Å². The SMILES string of the molecule is [2H]C([2H])([2H])C([2H])([2H])c1[nH]nc(C)c1-c1ccc(NC(=O)[C@@H](N)C(C2CC2)C2CC2)nc1F. The molecule has 0 aromatic carbocycles. The Morgan fingerprint density at radius 3 is 2.74 bits per heavy atom. The lowest BCUT2D eigenvalue weighted by Crippen LogP contribution is -2.44. The fraction of sp³-hybridized carbons (Fsp3) is 0.550. The van der Waals surface area contributed by atoms with E-state index in [-0.39, 0.29) is 34.3 Å². The van der Waals surface area contributed by atoms with E-state index in [0.29, 0.717) is 11.8 Å². The summed E-state index contributed by atoms with van der Waals surface area (Å²) in [6.45, 7) is -1.48. The summed E-state index contributed by atoms with van der Waals surface area (Å²) in [6, 6.07) is 2.02. The molecule has 2 saturated carbocycles. The van der Waals surface area contributed by atoms with E-state index in [1.54, 1.807) is 0 Å². The number of nitrogens with zero attached hydrogens (tertiary/aromatic N) is 2. The second kappa shape index (κ2) is 7.03. The van der Waals surface area contributed by atoms with Crippen LogP contribution in [0, 0.1) is 30.6 Å². The minimum atomic E-state index is -2.99. The van der Waals surface area contributed by atoms with Crippen LogP contribution >= 0.6 is 0 Å². The third kappa shape index (κ3) is 3.60. The molecular weight excluding hydrogens is 345 g/mol. The molecular formula is C20H26FN5O. The number of nitrogens with two attached hydrogens (primary N) is 1. The lowest BCUT2D eigenvalue weighted by atomic mass is 9.89. The number of carbonyl (C=O) groups is 1. The van der Waals surface area contributed by atoms with E-state index in [4.69, 9.17) is 12.6 Å². The zero-order chi connectivity index (χ0) is 23.4. The summed E-state index contributed by atoms with van der Waals surface area (Å²) in [4.78, 5) is 16.5. The first-order valence-electron chi connectivity index (χ1n) is 11.7. The zero-order valence-electron chi connectivity index (χ0n) is 20.1. The summed E-state index contributed by atoms with van der Waals surface area (Å²) in [5.41, 5.74) is 5.97. The normalized spacial score (nSPS) is 21.7. The molecule has 27 heavy (non-hydrogen) atoms. The highest BCUT2D eigenvalue weighted by Crippen LogP contribution is 2.50. The molecule has 2 aromatic rings. The number of halogens is 1. The highest BCUT2D eigenvalue weighted by atomic mass is 19.1. The van der Waals surface area contributed by atoms with Gasteiger partial charge in [-0.15, -0.1) is 0 Å². The van der Waals surface area contributed by atoms with E-state index in [1.165, 1.54) is 19.1 Å². The minimum absolute atomic E-state index is 0.00627. The Bertz CT molecular complexity index is 1020. The van der Waals surface area contributed by atoms with Crippen LogP contribution in [0.4, 0.5) is 10.2 Å². The quantitative estimate of drug-likeness (QED) is 0.647. The van der Waals surface area contributed by atoms with Crippen LogP contribution in [0.15, 0.2) is 12.1 Å². The fourth-order valence-corrected chi connectivity index (χ4v) is 3.86. The Labute approximate surface area is 165 Å². The number of H-pyrrole nitrogens is 1. The third-order valence-electron chi connectivity index (χ3n) is 5.49. The molecule has 6 nitrogen and oxygen atoms in total. The summed E-state index contributed by atoms with van der Waals surface area (Å²) >= 11 is 0. The summed E-state index contributed by atoms with van der Waals surface area (Å²) in [5, 5.41) is 8.85. The second-order valence-corrected chi connectivity index (χ2v) is 7.49. The van der Waals surface area contributed by atoms with Crippen molar-refractivity contribution in [3.05, 3.63) is 29.5 Å². The molecule has 0 spiro atoms. The molecule has 144 valence electrons. The van der Waals surface area contributed by atoms with Crippen molar-refractivity contribution in [1.82, 2.24) is 15.2 Å². The molecule has 2 aliphatic carbocycles. The number of anilines is 1. The average molecular weight is 376 g/mol. The van der Waals surface area contributed by atoms with Crippen molar-refractivity contribution < 1.29 is 16.0 Å². The fourth-order valence-electron chi connectivity index (χ4n) is 3.86. The lowest BCUT2D eigenvalue weighted by Gasteiger charge is -2.22. The molecule has 4 N–H and O–H groups in total. The molecule has 2 fully saturated rings. The topological polar surface area (TPSA) is 96.7 Å². The van der Waals surface area contributed by atoms with Gasteiger partial charge in [-0.05, 0) is 68.9 Å². The number of aromatic nitrogens is 3. The van der Waals surface area contributed by atoms with Gasteiger partial charge in [-0.1, -0.05) is 6.85 Å². The molecule has 0 saturated heterocycles. The van der Waals surface area contributed by atoms with Crippen molar-refractivity contribution in [1.29, 1.82) is 0 Å². The van der Waals surface area contributed by atoms with Gasteiger partial charge >= 0.3 is 0 Å². The molecule has 2 aromatic heterocycles. The van der Waals surface area contributed by atoms with Crippen molar-refractivity contribution >= 4 is 11.7 Å². The van der Waals surface area contributed by atoms with Gasteiger partial charge in [-0.25, -0.2) is 4.98 Å². The number of rotatable bonds is 7. The van der Waals surface area contributed by atoms with E-state index in [9.17, 15) is 9.18 Å². The number of carbonyl (C=O) groups excluding carboxylic acids is 1. The standard InChI is InChI=1S/C20H26FN5O/c1-3-14-16(10(2)25-26-14)13-8-9-15(23-19(13)21)24-20(27)18(22)17(11-4-5-11)12-6-7-12/h8-9,11-12,17-18H,3-7,22H2,1-2H3,(H,25,26)(H,23,24,27)/t18-/m0/s1/i1D3,3D2. The highest BCUT2D eigenvalue weighted by molar-refractivity contribution is 5.94. The maximum absolute atomic E-state index is 14.9. The summed E-state index contributed by atoms with van der Waals surface area (Å²) < 4.78 is 53.4. The summed E-state index contributed by atoms with van der Waals surface area (Å²) in [6.07, 6.45) is 1.55. The van der Waals surface area contributed by atoms with Crippen LogP contribution < -0.4 is 11.1 Å². The first-order chi connectivity index (χ1) is 14.9. The monoisotopic (exact) mass is 376 g/mol. The van der Waals surface area contributed by atoms with Crippen LogP contribution in [0.2, 0.25) is 0 Å². The number of hydrogen-bond acceptors (Lipinski definition) is 4. The van der Waals surface area contributed by atoms with Crippen LogP contribution in [-0.2, 0) is 11.2 Å². The largest absolute Gasteiger partial charge is 0.320 e. The highest BCUT2D eigenvalue weighted by Gasteiger charge is 2.46. The van der Waals surface area contributed by atoms with Crippen LogP contribution in [0.3, 0.4) is 0 Å². The van der Waals surface area contributed by atoms with Gasteiger partial charge in [0, 0.05) is 23.7 Å². The smallest absolute Gasteiger partial charge is 0.242 e. The van der Waals surface area contributed by atoms with Crippen LogP contribution in [0.5, 0.6) is 0 Å². The molecule has 4 rings (SSSR count). The van der Waals surface area contributed by atoms with Crippen molar-refractivity contribution in [2.24, 2.45) is 23.5 Å². The predicted molar refractivity (Wildman–Crippen MR) is 101 cm³/mol. The van der Waals surface area contributed by atoms with E-state index >= 15 is 0 Å². The third-order valence-corrected chi connectivity index (χ3v) is 5.49. The van der Waals surface area contributed by atoms with Crippen molar-refractivity contribution in [3.63, 3.8) is 0 Å². The maximum Gasteiger partial charge on any atom is 0.242 e. The number of aromatic amines is 1. The number of amides is 1. The number of nitrogens with one attached hydrogen (secondary N) is 2. The number of aryl methyl sites for hydroxylation is 2. The first kappa shape index (κ1) is 13.0. The van der Waals surface area contributed by atoms with Gasteiger partial charge in [0.25, 0.3) is 0 Å². The van der Waals surface area contributed by atoms with Crippen molar-refractivity contribution in [3.8, 4) is 11.1 Å². The average Bonchev–Trinajstić information content (AvgIpc) is 3.62. The van der Waals surface area contributed by atoms with Crippen LogP contribution in [0.1, 0.15) is 50.8 Å². The molecule has 1 atom stereocenters. The first-order valence-corrected chi connectivity index (χ1v) is 9.20. The van der Waals surface area contributed by atoms with Crippen LogP contribution in [-0.4, -0.2) is 27.1 Å². The van der Waals surface area contributed by atoms with Gasteiger partial charge in [-0.2, -0.15) is 9.49 Å². The number of hydrogen-bond donors (Lipinski definition) is 3. The molecule has 0 unspecified atom stereocenters. The predicted octanol–water partition coefficient (Wildman–Crippen LogP) is 3.18.